The molecule has 0 saturated carbocycles. The molecular formula is C28H24ClNO4S2. The molecule has 0 bridgehead atoms. The Kier molecular flexibility index (Phi) is 8.36. The van der Waals surface area contributed by atoms with E-state index >= 15 is 0 Å². The third-order valence-electron chi connectivity index (χ3n) is 5.49. The number of benzene rings is 4. The van der Waals surface area contributed by atoms with Crippen molar-refractivity contribution >= 4 is 45.0 Å². The number of rotatable bonds is 9. The standard InChI is InChI=1S/C28H24ClNO4S2/c1-34-28(31)26-19-24(35-18-17-20-5-3-2-4-6-20)13-16-27(26)30-36(32,33)25-14-9-22(10-15-25)21-7-11-23(29)12-8-21/h2-16,19,30H,17-18H2,1H3. The maximum Gasteiger partial charge on any atom is 0.340 e. The van der Waals surface area contributed by atoms with Gasteiger partial charge < -0.3 is 4.74 Å². The fourth-order valence-electron chi connectivity index (χ4n) is 3.58. The van der Waals surface area contributed by atoms with Crippen LogP contribution in [-0.4, -0.2) is 27.2 Å². The average molecular weight is 538 g/mol. The van der Waals surface area contributed by atoms with Crippen LogP contribution in [0.25, 0.3) is 11.1 Å². The third-order valence-corrected chi connectivity index (χ3v) is 8.11. The highest BCUT2D eigenvalue weighted by Gasteiger charge is 2.20. The minimum absolute atomic E-state index is 0.0809. The summed E-state index contributed by atoms with van der Waals surface area (Å²) < 4.78 is 33.6. The van der Waals surface area contributed by atoms with Crippen molar-refractivity contribution in [2.24, 2.45) is 0 Å². The molecule has 1 N–H and O–H groups in total. The summed E-state index contributed by atoms with van der Waals surface area (Å²) in [6.07, 6.45) is 0.874. The summed E-state index contributed by atoms with van der Waals surface area (Å²) in [6.45, 7) is 0. The number of halogens is 1. The molecule has 0 aromatic heterocycles. The SMILES string of the molecule is COC(=O)c1cc(SCCc2ccccc2)ccc1NS(=O)(=O)c1ccc(-c2ccc(Cl)cc2)cc1. The Hall–Kier alpha value is -3.26. The van der Waals surface area contributed by atoms with Crippen LogP contribution in [0, 0.1) is 0 Å². The van der Waals surface area contributed by atoms with Gasteiger partial charge in [-0.2, -0.15) is 0 Å². The summed E-state index contributed by atoms with van der Waals surface area (Å²) in [7, 11) is -2.67. The molecule has 184 valence electrons. The van der Waals surface area contributed by atoms with Gasteiger partial charge >= 0.3 is 5.97 Å². The van der Waals surface area contributed by atoms with Gasteiger partial charge in [0.05, 0.1) is 23.3 Å². The monoisotopic (exact) mass is 537 g/mol. The van der Waals surface area contributed by atoms with Gasteiger partial charge in [0.2, 0.25) is 0 Å². The Balaban J connectivity index is 1.51. The highest BCUT2D eigenvalue weighted by molar-refractivity contribution is 7.99. The van der Waals surface area contributed by atoms with Gasteiger partial charge in [-0.25, -0.2) is 13.2 Å². The van der Waals surface area contributed by atoms with Crippen LogP contribution in [-0.2, 0) is 21.2 Å². The molecule has 0 saturated heterocycles. The summed E-state index contributed by atoms with van der Waals surface area (Å²) in [6, 6.07) is 29.0. The van der Waals surface area contributed by atoms with Crippen molar-refractivity contribution in [1.29, 1.82) is 0 Å². The summed E-state index contributed by atoms with van der Waals surface area (Å²) in [4.78, 5) is 13.4. The van der Waals surface area contributed by atoms with Crippen molar-refractivity contribution in [3.8, 4) is 11.1 Å². The van der Waals surface area contributed by atoms with Crippen molar-refractivity contribution in [1.82, 2.24) is 0 Å². The van der Waals surface area contributed by atoms with Gasteiger partial charge in [-0.15, -0.1) is 11.8 Å². The number of thioether (sulfide) groups is 1. The molecule has 36 heavy (non-hydrogen) atoms. The molecule has 0 heterocycles. The smallest absolute Gasteiger partial charge is 0.340 e. The van der Waals surface area contributed by atoms with E-state index in [0.717, 1.165) is 28.2 Å². The largest absolute Gasteiger partial charge is 0.465 e. The lowest BCUT2D eigenvalue weighted by Gasteiger charge is -2.13. The highest BCUT2D eigenvalue weighted by atomic mass is 35.5. The molecule has 0 unspecified atom stereocenters. The third kappa shape index (κ3) is 6.49. The number of hydrogen-bond donors (Lipinski definition) is 1. The summed E-state index contributed by atoms with van der Waals surface area (Å²) >= 11 is 7.53. The zero-order valence-corrected chi connectivity index (χ0v) is 21.9. The van der Waals surface area contributed by atoms with E-state index in [0.29, 0.717) is 5.02 Å². The molecule has 0 aliphatic heterocycles. The van der Waals surface area contributed by atoms with Gasteiger partial charge in [0.25, 0.3) is 10.0 Å². The van der Waals surface area contributed by atoms with E-state index in [-0.39, 0.29) is 16.1 Å². The van der Waals surface area contributed by atoms with E-state index in [1.807, 2.05) is 30.3 Å². The average Bonchev–Trinajstić information content (AvgIpc) is 2.90. The first-order chi connectivity index (χ1) is 17.4. The van der Waals surface area contributed by atoms with Crippen molar-refractivity contribution in [3.05, 3.63) is 113 Å². The first-order valence-corrected chi connectivity index (χ1v) is 14.0. The van der Waals surface area contributed by atoms with Gasteiger partial charge in [0, 0.05) is 15.7 Å². The van der Waals surface area contributed by atoms with E-state index in [9.17, 15) is 13.2 Å². The zero-order valence-electron chi connectivity index (χ0n) is 19.5. The first-order valence-electron chi connectivity index (χ1n) is 11.1. The fourth-order valence-corrected chi connectivity index (χ4v) is 5.73. The van der Waals surface area contributed by atoms with Gasteiger partial charge in [0.15, 0.2) is 0 Å². The lowest BCUT2D eigenvalue weighted by molar-refractivity contribution is 0.0601. The van der Waals surface area contributed by atoms with Crippen LogP contribution in [0.4, 0.5) is 5.69 Å². The normalized spacial score (nSPS) is 11.2. The van der Waals surface area contributed by atoms with Gasteiger partial charge in [-0.05, 0) is 65.6 Å². The minimum Gasteiger partial charge on any atom is -0.465 e. The number of sulfonamides is 1. The molecule has 0 aliphatic carbocycles. The summed E-state index contributed by atoms with van der Waals surface area (Å²) in [5, 5.41) is 0.629. The number of methoxy groups -OCH3 is 1. The lowest BCUT2D eigenvalue weighted by Crippen LogP contribution is -2.16. The molecule has 5 nitrogen and oxygen atoms in total. The van der Waals surface area contributed by atoms with Crippen LogP contribution in [0.1, 0.15) is 15.9 Å². The first kappa shape index (κ1) is 25.8. The Morgan fingerprint density at radius 1 is 0.889 bits per heavy atom. The number of carbonyl (C=O) groups is 1. The molecule has 8 heteroatoms. The van der Waals surface area contributed by atoms with Crippen molar-refractivity contribution in [3.63, 3.8) is 0 Å². The van der Waals surface area contributed by atoms with E-state index in [2.05, 4.69) is 16.9 Å². The van der Waals surface area contributed by atoms with E-state index < -0.39 is 16.0 Å². The van der Waals surface area contributed by atoms with Crippen LogP contribution < -0.4 is 4.72 Å². The number of anilines is 1. The topological polar surface area (TPSA) is 72.5 Å². The number of carbonyl (C=O) groups excluding carboxylic acids is 1. The second kappa shape index (κ2) is 11.6. The maximum absolute atomic E-state index is 13.1. The van der Waals surface area contributed by atoms with Crippen molar-refractivity contribution < 1.29 is 17.9 Å². The number of hydrogen-bond acceptors (Lipinski definition) is 5. The van der Waals surface area contributed by atoms with Crippen LogP contribution in [0.15, 0.2) is 107 Å². The number of esters is 1. The minimum atomic E-state index is -3.93. The predicted molar refractivity (Wildman–Crippen MR) is 146 cm³/mol. The predicted octanol–water partition coefficient (Wildman–Crippen LogP) is 6.93. The molecule has 0 aliphatic rings. The second-order valence-corrected chi connectivity index (χ2v) is 11.2. The highest BCUT2D eigenvalue weighted by Crippen LogP contribution is 2.29. The second-order valence-electron chi connectivity index (χ2n) is 7.92. The Labute approximate surface area is 220 Å². The fraction of sp³-hybridized carbons (Fsp3) is 0.107. The number of aryl methyl sites for hydroxylation is 1. The molecule has 0 radical (unpaired) electrons. The van der Waals surface area contributed by atoms with Crippen molar-refractivity contribution in [2.45, 2.75) is 16.2 Å². The van der Waals surface area contributed by atoms with Crippen LogP contribution in [0.3, 0.4) is 0 Å². The Morgan fingerprint density at radius 3 is 2.17 bits per heavy atom. The Morgan fingerprint density at radius 2 is 1.53 bits per heavy atom. The van der Waals surface area contributed by atoms with E-state index in [4.69, 9.17) is 16.3 Å². The number of nitrogens with one attached hydrogen (secondary N) is 1. The molecule has 0 amide bonds. The molecule has 0 atom stereocenters. The molecule has 4 aromatic rings. The molecule has 0 fully saturated rings. The van der Waals surface area contributed by atoms with Crippen LogP contribution in [0.5, 0.6) is 0 Å². The summed E-state index contributed by atoms with van der Waals surface area (Å²) in [5.74, 6) is 0.201. The summed E-state index contributed by atoms with van der Waals surface area (Å²) in [5.41, 5.74) is 3.33. The van der Waals surface area contributed by atoms with Gasteiger partial charge in [-0.1, -0.05) is 66.2 Å². The zero-order chi connectivity index (χ0) is 25.5. The van der Waals surface area contributed by atoms with E-state index in [1.165, 1.54) is 24.8 Å². The van der Waals surface area contributed by atoms with Crippen LogP contribution >= 0.6 is 23.4 Å². The molecule has 0 spiro atoms. The van der Waals surface area contributed by atoms with Gasteiger partial charge in [0.1, 0.15) is 0 Å². The molecule has 4 aromatic carbocycles. The quantitative estimate of drug-likeness (QED) is 0.185. The Bertz CT molecular complexity index is 1440. The maximum atomic E-state index is 13.1. The number of ether oxygens (including phenoxy) is 1. The van der Waals surface area contributed by atoms with Crippen molar-refractivity contribution in [2.75, 3.05) is 17.6 Å². The lowest BCUT2D eigenvalue weighted by atomic mass is 10.1. The molecule has 4 rings (SSSR count). The molecular weight excluding hydrogens is 514 g/mol. The van der Waals surface area contributed by atoms with Crippen LogP contribution in [0.2, 0.25) is 5.02 Å². The van der Waals surface area contributed by atoms with E-state index in [1.54, 1.807) is 54.2 Å². The van der Waals surface area contributed by atoms with Gasteiger partial charge in [-0.3, -0.25) is 4.72 Å².